The van der Waals surface area contributed by atoms with Crippen LogP contribution in [0.2, 0.25) is 10.0 Å². The first-order valence-corrected chi connectivity index (χ1v) is 12.8. The number of carbonyl (C=O) groups excluding carboxylic acids is 2. The minimum atomic E-state index is -0.621. The highest BCUT2D eigenvalue weighted by molar-refractivity contribution is 7.99. The van der Waals surface area contributed by atoms with Gasteiger partial charge < -0.3 is 9.47 Å². The fourth-order valence-corrected chi connectivity index (χ4v) is 5.39. The molecule has 2 atom stereocenters. The molecule has 0 saturated heterocycles. The Morgan fingerprint density at radius 2 is 1.76 bits per heavy atom. The molecule has 1 aliphatic rings. The lowest BCUT2D eigenvalue weighted by Gasteiger charge is -2.25. The van der Waals surface area contributed by atoms with Crippen LogP contribution in [0.5, 0.6) is 0 Å². The van der Waals surface area contributed by atoms with Crippen molar-refractivity contribution in [3.05, 3.63) is 69.7 Å². The maximum Gasteiger partial charge on any atom is 0.417 e. The number of rotatable bonds is 9. The quantitative estimate of drug-likeness (QED) is 0.286. The lowest BCUT2D eigenvalue weighted by atomic mass is 9.86. The molecule has 178 valence electrons. The maximum absolute atomic E-state index is 12.7. The van der Waals surface area contributed by atoms with Crippen molar-refractivity contribution in [3.63, 3.8) is 0 Å². The average Bonchev–Trinajstić information content (AvgIpc) is 2.81. The summed E-state index contributed by atoms with van der Waals surface area (Å²) in [6.07, 6.45) is 5.74. The summed E-state index contributed by atoms with van der Waals surface area (Å²) >= 11 is 13.4. The van der Waals surface area contributed by atoms with Gasteiger partial charge in [0.1, 0.15) is 11.4 Å². The summed E-state index contributed by atoms with van der Waals surface area (Å²) in [5.74, 6) is 0.131. The zero-order valence-corrected chi connectivity index (χ0v) is 20.9. The van der Waals surface area contributed by atoms with Gasteiger partial charge in [0.25, 0.3) is 0 Å². The minimum absolute atomic E-state index is 0.337. The summed E-state index contributed by atoms with van der Waals surface area (Å²) in [5, 5.41) is 0.699. The second-order valence-corrected chi connectivity index (χ2v) is 10.1. The van der Waals surface area contributed by atoms with Crippen molar-refractivity contribution in [3.8, 4) is 0 Å². The van der Waals surface area contributed by atoms with E-state index in [9.17, 15) is 9.59 Å². The second-order valence-electron chi connectivity index (χ2n) is 8.25. The van der Waals surface area contributed by atoms with E-state index < -0.39 is 17.4 Å². The summed E-state index contributed by atoms with van der Waals surface area (Å²) in [5.41, 5.74) is 1.70. The molecule has 0 bridgehead atoms. The third-order valence-electron chi connectivity index (χ3n) is 5.80. The van der Waals surface area contributed by atoms with Crippen molar-refractivity contribution in [2.45, 2.75) is 56.3 Å². The van der Waals surface area contributed by atoms with Crippen LogP contribution in [-0.4, -0.2) is 24.4 Å². The van der Waals surface area contributed by atoms with Crippen LogP contribution in [-0.2, 0) is 20.7 Å². The molecule has 1 unspecified atom stereocenters. The standard InChI is InChI=1S/C25H29Cl2NO4S/c1-31-24(29)23(15-17-7-3-2-4-8-17)33-28-25(30)32-22(19-10-6-12-21(27)16-19)14-18-9-5-11-20(26)13-18/h5-6,9-13,16-17,22-23H,2-4,7-8,14-15H2,1H3,(H,28,30)/t22?,23-/m0/s1. The van der Waals surface area contributed by atoms with E-state index in [4.69, 9.17) is 32.7 Å². The molecule has 33 heavy (non-hydrogen) atoms. The molecule has 5 nitrogen and oxygen atoms in total. The highest BCUT2D eigenvalue weighted by Gasteiger charge is 2.27. The molecular formula is C25H29Cl2NO4S. The molecule has 1 fully saturated rings. The van der Waals surface area contributed by atoms with Gasteiger partial charge in [-0.05, 0) is 59.7 Å². The molecule has 1 amide bonds. The van der Waals surface area contributed by atoms with Crippen molar-refractivity contribution in [1.29, 1.82) is 0 Å². The van der Waals surface area contributed by atoms with Gasteiger partial charge in [-0.15, -0.1) is 0 Å². The fourth-order valence-electron chi connectivity index (χ4n) is 4.13. The molecule has 1 saturated carbocycles. The number of esters is 1. The van der Waals surface area contributed by atoms with Crippen LogP contribution in [0.4, 0.5) is 4.79 Å². The van der Waals surface area contributed by atoms with E-state index >= 15 is 0 Å². The molecule has 2 aromatic rings. The Morgan fingerprint density at radius 3 is 2.42 bits per heavy atom. The van der Waals surface area contributed by atoms with Gasteiger partial charge in [0, 0.05) is 16.5 Å². The third kappa shape index (κ3) is 8.43. The Hall–Kier alpha value is -1.89. The van der Waals surface area contributed by atoms with Crippen LogP contribution in [0.25, 0.3) is 0 Å². The smallest absolute Gasteiger partial charge is 0.417 e. The summed E-state index contributed by atoms with van der Waals surface area (Å²) < 4.78 is 13.4. The van der Waals surface area contributed by atoms with Crippen LogP contribution >= 0.6 is 35.1 Å². The Labute approximate surface area is 209 Å². The number of halogens is 2. The lowest BCUT2D eigenvalue weighted by Crippen LogP contribution is -2.30. The summed E-state index contributed by atoms with van der Waals surface area (Å²) in [6, 6.07) is 14.6. The van der Waals surface area contributed by atoms with E-state index in [2.05, 4.69) is 4.72 Å². The van der Waals surface area contributed by atoms with E-state index in [1.54, 1.807) is 18.2 Å². The molecule has 8 heteroatoms. The summed E-state index contributed by atoms with van der Waals surface area (Å²) in [7, 11) is 1.37. The molecule has 0 heterocycles. The van der Waals surface area contributed by atoms with Crippen LogP contribution in [0.1, 0.15) is 55.8 Å². The van der Waals surface area contributed by atoms with Crippen LogP contribution in [0, 0.1) is 5.92 Å². The number of hydrogen-bond donors (Lipinski definition) is 1. The highest BCUT2D eigenvalue weighted by atomic mass is 35.5. The molecular weight excluding hydrogens is 481 g/mol. The van der Waals surface area contributed by atoms with Crippen molar-refractivity contribution < 1.29 is 19.1 Å². The van der Waals surface area contributed by atoms with Gasteiger partial charge in [0.15, 0.2) is 0 Å². The largest absolute Gasteiger partial charge is 0.468 e. The fraction of sp³-hybridized carbons (Fsp3) is 0.440. The monoisotopic (exact) mass is 509 g/mol. The number of nitrogens with one attached hydrogen (secondary N) is 1. The zero-order valence-electron chi connectivity index (χ0n) is 18.6. The topological polar surface area (TPSA) is 64.6 Å². The Balaban J connectivity index is 1.65. The van der Waals surface area contributed by atoms with Crippen molar-refractivity contribution in [2.24, 2.45) is 5.92 Å². The van der Waals surface area contributed by atoms with E-state index in [0.717, 1.165) is 35.9 Å². The number of amides is 1. The molecule has 0 radical (unpaired) electrons. The predicted octanol–water partition coefficient (Wildman–Crippen LogP) is 7.16. The molecule has 3 rings (SSSR count). The molecule has 0 aromatic heterocycles. The van der Waals surface area contributed by atoms with Gasteiger partial charge in [-0.2, -0.15) is 0 Å². The van der Waals surface area contributed by atoms with Gasteiger partial charge >= 0.3 is 12.1 Å². The number of ether oxygens (including phenoxy) is 2. The van der Waals surface area contributed by atoms with Gasteiger partial charge in [0.05, 0.1) is 7.11 Å². The van der Waals surface area contributed by atoms with Crippen LogP contribution in [0.15, 0.2) is 48.5 Å². The van der Waals surface area contributed by atoms with E-state index in [1.165, 1.54) is 26.4 Å². The maximum atomic E-state index is 12.7. The van der Waals surface area contributed by atoms with Crippen LogP contribution < -0.4 is 4.72 Å². The van der Waals surface area contributed by atoms with E-state index in [0.29, 0.717) is 28.8 Å². The van der Waals surface area contributed by atoms with Crippen molar-refractivity contribution in [1.82, 2.24) is 4.72 Å². The molecule has 0 aliphatic heterocycles. The van der Waals surface area contributed by atoms with Gasteiger partial charge in [-0.3, -0.25) is 9.52 Å². The normalized spacial score (nSPS) is 16.0. The van der Waals surface area contributed by atoms with Gasteiger partial charge in [-0.1, -0.05) is 79.6 Å². The molecule has 1 N–H and O–H groups in total. The Kier molecular flexibility index (Phi) is 10.2. The minimum Gasteiger partial charge on any atom is -0.468 e. The predicted molar refractivity (Wildman–Crippen MR) is 134 cm³/mol. The third-order valence-corrected chi connectivity index (χ3v) is 7.22. The highest BCUT2D eigenvalue weighted by Crippen LogP contribution is 2.31. The Bertz CT molecular complexity index is 936. The number of benzene rings is 2. The first-order chi connectivity index (χ1) is 15.9. The Morgan fingerprint density at radius 1 is 1.06 bits per heavy atom. The van der Waals surface area contributed by atoms with Gasteiger partial charge in [-0.25, -0.2) is 4.79 Å². The van der Waals surface area contributed by atoms with Crippen molar-refractivity contribution >= 4 is 47.2 Å². The second kappa shape index (κ2) is 13.1. The SMILES string of the molecule is COC(=O)[C@H](CC1CCCCC1)SNC(=O)OC(Cc1cccc(Cl)c1)c1cccc(Cl)c1. The average molecular weight is 510 g/mol. The number of carbonyl (C=O) groups is 2. The molecule has 0 spiro atoms. The van der Waals surface area contributed by atoms with E-state index in [-0.39, 0.29) is 5.97 Å². The van der Waals surface area contributed by atoms with Crippen LogP contribution in [0.3, 0.4) is 0 Å². The zero-order chi connectivity index (χ0) is 23.6. The van der Waals surface area contributed by atoms with E-state index in [1.807, 2.05) is 30.3 Å². The lowest BCUT2D eigenvalue weighted by molar-refractivity contribution is -0.140. The number of hydrogen-bond acceptors (Lipinski definition) is 5. The first kappa shape index (κ1) is 25.7. The van der Waals surface area contributed by atoms with Crippen molar-refractivity contribution in [2.75, 3.05) is 7.11 Å². The molecule has 1 aliphatic carbocycles. The number of methoxy groups -OCH3 is 1. The van der Waals surface area contributed by atoms with Gasteiger partial charge in [0.2, 0.25) is 0 Å². The summed E-state index contributed by atoms with van der Waals surface area (Å²) in [6.45, 7) is 0. The summed E-state index contributed by atoms with van der Waals surface area (Å²) in [4.78, 5) is 25.0. The molecule has 2 aromatic carbocycles. The first-order valence-electron chi connectivity index (χ1n) is 11.1.